The number of halogens is 1. The van der Waals surface area contributed by atoms with Gasteiger partial charge >= 0.3 is 0 Å². The lowest BCUT2D eigenvalue weighted by Gasteiger charge is -2.31. The van der Waals surface area contributed by atoms with E-state index in [1.807, 2.05) is 0 Å². The van der Waals surface area contributed by atoms with Gasteiger partial charge in [0.25, 0.3) is 0 Å². The number of hydrogen-bond donors (Lipinski definition) is 0. The van der Waals surface area contributed by atoms with E-state index >= 15 is 0 Å². The van der Waals surface area contributed by atoms with Crippen molar-refractivity contribution in [1.82, 2.24) is 0 Å². The van der Waals surface area contributed by atoms with Gasteiger partial charge in [-0.15, -0.1) is 0 Å². The standard InChI is InChI=1S/C9H15Br/c1-9(6-10)5-7-2-3-8(9)4-7/h7-8H,2-6H2,1H3. The Balaban J connectivity index is 2.14. The molecule has 3 atom stereocenters. The van der Waals surface area contributed by atoms with Crippen LogP contribution in [0.4, 0.5) is 0 Å². The van der Waals surface area contributed by atoms with Gasteiger partial charge in [0.05, 0.1) is 0 Å². The Morgan fingerprint density at radius 1 is 1.50 bits per heavy atom. The van der Waals surface area contributed by atoms with Crippen molar-refractivity contribution in [3.8, 4) is 0 Å². The normalized spacial score (nSPS) is 52.2. The van der Waals surface area contributed by atoms with Gasteiger partial charge in [-0.2, -0.15) is 0 Å². The quantitative estimate of drug-likeness (QED) is 0.574. The van der Waals surface area contributed by atoms with E-state index in [1.54, 1.807) is 0 Å². The molecular formula is C9H15Br. The highest BCUT2D eigenvalue weighted by Gasteiger charge is 2.46. The van der Waals surface area contributed by atoms with Crippen molar-refractivity contribution < 1.29 is 0 Å². The Kier molecular flexibility index (Phi) is 1.59. The maximum Gasteiger partial charge on any atom is 0.00880 e. The molecule has 2 saturated carbocycles. The summed E-state index contributed by atoms with van der Waals surface area (Å²) in [5, 5.41) is 1.22. The van der Waals surface area contributed by atoms with Crippen molar-refractivity contribution >= 4 is 15.9 Å². The van der Waals surface area contributed by atoms with Crippen LogP contribution in [0.15, 0.2) is 0 Å². The number of fused-ring (bicyclic) bond motifs is 2. The van der Waals surface area contributed by atoms with E-state index in [0.29, 0.717) is 5.41 Å². The van der Waals surface area contributed by atoms with Gasteiger partial charge < -0.3 is 0 Å². The van der Waals surface area contributed by atoms with Crippen LogP contribution in [0.1, 0.15) is 32.6 Å². The fraction of sp³-hybridized carbons (Fsp3) is 1.00. The third-order valence-corrected chi connectivity index (χ3v) is 4.87. The maximum atomic E-state index is 3.63. The van der Waals surface area contributed by atoms with Gasteiger partial charge in [0.15, 0.2) is 0 Å². The van der Waals surface area contributed by atoms with Crippen LogP contribution in [0.5, 0.6) is 0 Å². The number of alkyl halides is 1. The van der Waals surface area contributed by atoms with E-state index < -0.39 is 0 Å². The largest absolute Gasteiger partial charge is 0.0922 e. The fourth-order valence-corrected chi connectivity index (χ4v) is 3.57. The van der Waals surface area contributed by atoms with Crippen LogP contribution in [0.3, 0.4) is 0 Å². The zero-order valence-corrected chi connectivity index (χ0v) is 8.15. The highest BCUT2D eigenvalue weighted by atomic mass is 79.9. The van der Waals surface area contributed by atoms with Crippen molar-refractivity contribution in [2.24, 2.45) is 17.3 Å². The van der Waals surface area contributed by atoms with Gasteiger partial charge in [-0.05, 0) is 36.5 Å². The van der Waals surface area contributed by atoms with Crippen molar-refractivity contribution in [3.05, 3.63) is 0 Å². The SMILES string of the molecule is CC1(CBr)CC2CCC1C2. The van der Waals surface area contributed by atoms with Crippen LogP contribution in [-0.2, 0) is 0 Å². The highest BCUT2D eigenvalue weighted by molar-refractivity contribution is 9.09. The van der Waals surface area contributed by atoms with Crippen LogP contribution in [0.2, 0.25) is 0 Å². The minimum atomic E-state index is 0.670. The molecule has 2 aliphatic carbocycles. The smallest absolute Gasteiger partial charge is 0.00880 e. The van der Waals surface area contributed by atoms with Crippen LogP contribution in [0.25, 0.3) is 0 Å². The second-order valence-electron chi connectivity index (χ2n) is 4.37. The topological polar surface area (TPSA) is 0 Å². The van der Waals surface area contributed by atoms with E-state index in [9.17, 15) is 0 Å². The Morgan fingerprint density at radius 3 is 2.60 bits per heavy atom. The Hall–Kier alpha value is 0.480. The molecule has 0 aromatic heterocycles. The Morgan fingerprint density at radius 2 is 2.30 bits per heavy atom. The first kappa shape index (κ1) is 7.15. The lowest BCUT2D eigenvalue weighted by Crippen LogP contribution is -2.25. The molecular weight excluding hydrogens is 188 g/mol. The average Bonchev–Trinajstić information content (AvgIpc) is 2.46. The highest BCUT2D eigenvalue weighted by Crippen LogP contribution is 2.56. The monoisotopic (exact) mass is 202 g/mol. The van der Waals surface area contributed by atoms with Crippen LogP contribution in [-0.4, -0.2) is 5.33 Å². The Bertz CT molecular complexity index is 144. The van der Waals surface area contributed by atoms with E-state index in [2.05, 4.69) is 22.9 Å². The molecule has 1 heteroatoms. The summed E-state index contributed by atoms with van der Waals surface area (Å²) in [4.78, 5) is 0. The number of rotatable bonds is 1. The molecule has 0 aromatic carbocycles. The summed E-state index contributed by atoms with van der Waals surface area (Å²) in [6.07, 6.45) is 6.05. The summed E-state index contributed by atoms with van der Waals surface area (Å²) in [6.45, 7) is 2.45. The molecule has 58 valence electrons. The molecule has 2 aliphatic rings. The molecule has 0 radical (unpaired) electrons. The van der Waals surface area contributed by atoms with Gasteiger partial charge in [0, 0.05) is 5.33 Å². The van der Waals surface area contributed by atoms with Gasteiger partial charge in [0.1, 0.15) is 0 Å². The van der Waals surface area contributed by atoms with Gasteiger partial charge in [-0.25, -0.2) is 0 Å². The van der Waals surface area contributed by atoms with Crippen LogP contribution in [0, 0.1) is 17.3 Å². The minimum Gasteiger partial charge on any atom is -0.0922 e. The Labute approximate surface area is 71.5 Å². The second kappa shape index (κ2) is 2.23. The molecule has 10 heavy (non-hydrogen) atoms. The van der Waals surface area contributed by atoms with E-state index in [-0.39, 0.29) is 0 Å². The summed E-state index contributed by atoms with van der Waals surface area (Å²) in [6, 6.07) is 0. The third kappa shape index (κ3) is 0.861. The van der Waals surface area contributed by atoms with Gasteiger partial charge in [-0.1, -0.05) is 29.3 Å². The van der Waals surface area contributed by atoms with Gasteiger partial charge in [-0.3, -0.25) is 0 Å². The summed E-state index contributed by atoms with van der Waals surface area (Å²) >= 11 is 3.63. The molecule has 0 heterocycles. The first-order valence-corrected chi connectivity index (χ1v) is 5.43. The molecule has 2 rings (SSSR count). The van der Waals surface area contributed by atoms with Crippen molar-refractivity contribution in [1.29, 1.82) is 0 Å². The van der Waals surface area contributed by atoms with Crippen LogP contribution >= 0.6 is 15.9 Å². The predicted octanol–water partition coefficient (Wildman–Crippen LogP) is 3.21. The molecule has 0 saturated heterocycles. The minimum absolute atomic E-state index is 0.670. The lowest BCUT2D eigenvalue weighted by molar-refractivity contribution is 0.226. The third-order valence-electron chi connectivity index (χ3n) is 3.59. The van der Waals surface area contributed by atoms with E-state index in [1.165, 1.54) is 31.0 Å². The van der Waals surface area contributed by atoms with Crippen LogP contribution < -0.4 is 0 Å². The van der Waals surface area contributed by atoms with Crippen molar-refractivity contribution in [2.75, 3.05) is 5.33 Å². The molecule has 3 unspecified atom stereocenters. The van der Waals surface area contributed by atoms with Gasteiger partial charge in [0.2, 0.25) is 0 Å². The predicted molar refractivity (Wildman–Crippen MR) is 47.3 cm³/mol. The molecule has 0 amide bonds. The molecule has 0 nitrogen and oxygen atoms in total. The first-order chi connectivity index (χ1) is 4.74. The summed E-state index contributed by atoms with van der Waals surface area (Å²) in [7, 11) is 0. The zero-order chi connectivity index (χ0) is 7.19. The zero-order valence-electron chi connectivity index (χ0n) is 6.57. The summed E-state index contributed by atoms with van der Waals surface area (Å²) in [5.74, 6) is 2.14. The first-order valence-electron chi connectivity index (χ1n) is 4.30. The number of hydrogen-bond acceptors (Lipinski definition) is 0. The summed E-state index contributed by atoms with van der Waals surface area (Å²) < 4.78 is 0. The maximum absolute atomic E-state index is 3.63. The van der Waals surface area contributed by atoms with E-state index in [4.69, 9.17) is 0 Å². The molecule has 2 fully saturated rings. The average molecular weight is 203 g/mol. The van der Waals surface area contributed by atoms with E-state index in [0.717, 1.165) is 11.8 Å². The summed E-state index contributed by atoms with van der Waals surface area (Å²) in [5.41, 5.74) is 0.670. The second-order valence-corrected chi connectivity index (χ2v) is 4.93. The molecule has 0 aromatic rings. The molecule has 0 aliphatic heterocycles. The molecule has 2 bridgehead atoms. The molecule has 0 spiro atoms. The fourth-order valence-electron chi connectivity index (χ4n) is 2.88. The van der Waals surface area contributed by atoms with Crippen molar-refractivity contribution in [2.45, 2.75) is 32.6 Å². The molecule has 0 N–H and O–H groups in total. The lowest BCUT2D eigenvalue weighted by atomic mass is 9.77. The van der Waals surface area contributed by atoms with Crippen molar-refractivity contribution in [3.63, 3.8) is 0 Å².